The van der Waals surface area contributed by atoms with Crippen LogP contribution in [-0.4, -0.2) is 55.2 Å². The van der Waals surface area contributed by atoms with E-state index in [1.54, 1.807) is 17.5 Å². The van der Waals surface area contributed by atoms with Gasteiger partial charge in [0.05, 0.1) is 23.1 Å². The lowest BCUT2D eigenvalue weighted by Crippen LogP contribution is -2.38. The van der Waals surface area contributed by atoms with E-state index in [2.05, 4.69) is 28.9 Å². The van der Waals surface area contributed by atoms with Gasteiger partial charge in [-0.1, -0.05) is 13.0 Å². The van der Waals surface area contributed by atoms with Crippen LogP contribution in [0.15, 0.2) is 30.6 Å². The molecule has 6 heteroatoms. The number of rotatable bonds is 3. The molecular formula is C20H25N3O2S. The quantitative estimate of drug-likeness (QED) is 0.828. The molecular weight excluding hydrogens is 346 g/mol. The van der Waals surface area contributed by atoms with E-state index in [-0.39, 0.29) is 5.91 Å². The monoisotopic (exact) mass is 371 g/mol. The highest BCUT2D eigenvalue weighted by Crippen LogP contribution is 2.40. The summed E-state index contributed by atoms with van der Waals surface area (Å²) in [5.74, 6) is 0.760. The molecule has 2 saturated heterocycles. The average Bonchev–Trinajstić information content (AvgIpc) is 3.14. The summed E-state index contributed by atoms with van der Waals surface area (Å²) in [5.41, 5.74) is 2.18. The fourth-order valence-electron chi connectivity index (χ4n) is 3.75. The van der Waals surface area contributed by atoms with Crippen molar-refractivity contribution in [2.24, 2.45) is 5.92 Å². The number of carbonyl (C=O) groups excluding carboxylic acids is 1. The number of ether oxygens (including phenoxy) is 1. The Morgan fingerprint density at radius 2 is 2.15 bits per heavy atom. The largest absolute Gasteiger partial charge is 0.378 e. The normalized spacial score (nSPS) is 21.0. The van der Waals surface area contributed by atoms with Crippen LogP contribution in [0.5, 0.6) is 0 Å². The van der Waals surface area contributed by atoms with Crippen molar-refractivity contribution < 1.29 is 9.53 Å². The summed E-state index contributed by atoms with van der Waals surface area (Å²) in [6.07, 6.45) is 5.98. The molecule has 138 valence electrons. The zero-order valence-corrected chi connectivity index (χ0v) is 16.0. The number of morpholine rings is 1. The fourth-order valence-corrected chi connectivity index (χ4v) is 4.95. The van der Waals surface area contributed by atoms with Crippen molar-refractivity contribution in [1.82, 2.24) is 9.88 Å². The van der Waals surface area contributed by atoms with Crippen molar-refractivity contribution >= 4 is 22.2 Å². The van der Waals surface area contributed by atoms with Crippen LogP contribution < -0.4 is 4.90 Å². The van der Waals surface area contributed by atoms with Gasteiger partial charge in [-0.2, -0.15) is 0 Å². The second-order valence-electron chi connectivity index (χ2n) is 7.17. The Labute approximate surface area is 158 Å². The lowest BCUT2D eigenvalue weighted by molar-refractivity contribution is 0.0688. The predicted octanol–water partition coefficient (Wildman–Crippen LogP) is 3.52. The molecule has 26 heavy (non-hydrogen) atoms. The van der Waals surface area contributed by atoms with Crippen molar-refractivity contribution in [1.29, 1.82) is 0 Å². The number of hydrogen-bond acceptors (Lipinski definition) is 5. The predicted molar refractivity (Wildman–Crippen MR) is 105 cm³/mol. The van der Waals surface area contributed by atoms with Gasteiger partial charge in [-0.3, -0.25) is 9.78 Å². The molecule has 5 nitrogen and oxygen atoms in total. The van der Waals surface area contributed by atoms with Crippen molar-refractivity contribution in [3.63, 3.8) is 0 Å². The molecule has 4 rings (SSSR count). The maximum atomic E-state index is 13.1. The first-order chi connectivity index (χ1) is 12.7. The number of anilines is 1. The zero-order valence-electron chi connectivity index (χ0n) is 15.2. The van der Waals surface area contributed by atoms with Crippen LogP contribution >= 0.6 is 11.3 Å². The topological polar surface area (TPSA) is 45.7 Å². The molecule has 0 N–H and O–H groups in total. The highest BCUT2D eigenvalue weighted by molar-refractivity contribution is 7.18. The summed E-state index contributed by atoms with van der Waals surface area (Å²) < 4.78 is 5.50. The minimum atomic E-state index is 0.172. The Morgan fingerprint density at radius 3 is 2.88 bits per heavy atom. The molecule has 4 heterocycles. The van der Waals surface area contributed by atoms with Crippen LogP contribution in [0.1, 0.15) is 29.4 Å². The molecule has 0 spiro atoms. The first kappa shape index (κ1) is 17.5. The number of piperidine rings is 1. The summed E-state index contributed by atoms with van der Waals surface area (Å²) >= 11 is 1.62. The summed E-state index contributed by atoms with van der Waals surface area (Å²) in [5, 5.41) is 1.16. The molecule has 1 amide bonds. The van der Waals surface area contributed by atoms with E-state index in [9.17, 15) is 4.79 Å². The highest BCUT2D eigenvalue weighted by Gasteiger charge is 2.26. The average molecular weight is 372 g/mol. The smallest absolute Gasteiger partial charge is 0.264 e. The molecule has 2 aromatic rings. The third-order valence-electron chi connectivity index (χ3n) is 5.14. The number of hydrogen-bond donors (Lipinski definition) is 0. The molecule has 0 radical (unpaired) electrons. The number of carbonyl (C=O) groups is 1. The van der Waals surface area contributed by atoms with Gasteiger partial charge in [-0.15, -0.1) is 11.3 Å². The standard InChI is InChI=1S/C20H25N3O2S/c1-15-4-3-7-23(14-15)19(24)18-12-17(16-5-2-6-21-13-16)20(26-18)22-8-10-25-11-9-22/h2,5-6,12-13,15H,3-4,7-11,14H2,1H3/t15-/m1/s1. The van der Waals surface area contributed by atoms with E-state index >= 15 is 0 Å². The van der Waals surface area contributed by atoms with Crippen molar-refractivity contribution in [2.45, 2.75) is 19.8 Å². The lowest BCUT2D eigenvalue weighted by Gasteiger charge is -2.30. The molecule has 2 aromatic heterocycles. The second kappa shape index (κ2) is 7.76. The van der Waals surface area contributed by atoms with E-state index in [0.717, 1.165) is 66.8 Å². The van der Waals surface area contributed by atoms with E-state index in [1.165, 1.54) is 6.42 Å². The SMILES string of the molecule is C[C@@H]1CCCN(C(=O)c2cc(-c3cccnc3)c(N3CCOCC3)s2)C1. The third-order valence-corrected chi connectivity index (χ3v) is 6.32. The van der Waals surface area contributed by atoms with Gasteiger partial charge < -0.3 is 14.5 Å². The van der Waals surface area contributed by atoms with Gasteiger partial charge in [0, 0.05) is 49.7 Å². The molecule has 0 aliphatic carbocycles. The third kappa shape index (κ3) is 3.62. The van der Waals surface area contributed by atoms with Crippen LogP contribution in [0.2, 0.25) is 0 Å². The minimum Gasteiger partial charge on any atom is -0.378 e. The zero-order chi connectivity index (χ0) is 17.9. The van der Waals surface area contributed by atoms with Crippen LogP contribution in [-0.2, 0) is 4.74 Å². The van der Waals surface area contributed by atoms with E-state index in [1.807, 2.05) is 17.2 Å². The summed E-state index contributed by atoms with van der Waals surface area (Å²) in [6.45, 7) is 7.16. The Kier molecular flexibility index (Phi) is 5.22. The fraction of sp³-hybridized carbons (Fsp3) is 0.500. The molecule has 0 bridgehead atoms. The Bertz CT molecular complexity index is 756. The first-order valence-electron chi connectivity index (χ1n) is 9.38. The Balaban J connectivity index is 1.67. The van der Waals surface area contributed by atoms with Gasteiger partial charge in [0.15, 0.2) is 0 Å². The Morgan fingerprint density at radius 1 is 1.31 bits per heavy atom. The van der Waals surface area contributed by atoms with Gasteiger partial charge in [-0.25, -0.2) is 0 Å². The molecule has 2 aliphatic rings. The van der Waals surface area contributed by atoms with Crippen LogP contribution in [0.3, 0.4) is 0 Å². The molecule has 0 saturated carbocycles. The van der Waals surface area contributed by atoms with E-state index < -0.39 is 0 Å². The number of likely N-dealkylation sites (tertiary alicyclic amines) is 1. The van der Waals surface area contributed by atoms with Gasteiger partial charge in [-0.05, 0) is 30.9 Å². The van der Waals surface area contributed by atoms with Crippen molar-refractivity contribution in [3.05, 3.63) is 35.5 Å². The minimum absolute atomic E-state index is 0.172. The van der Waals surface area contributed by atoms with E-state index in [0.29, 0.717) is 5.92 Å². The molecule has 0 aromatic carbocycles. The van der Waals surface area contributed by atoms with Crippen molar-refractivity contribution in [3.8, 4) is 11.1 Å². The summed E-state index contributed by atoms with van der Waals surface area (Å²) in [6, 6.07) is 6.08. The molecule has 1 atom stereocenters. The molecule has 2 fully saturated rings. The van der Waals surface area contributed by atoms with Gasteiger partial charge in [0.2, 0.25) is 0 Å². The molecule has 2 aliphatic heterocycles. The number of amides is 1. The van der Waals surface area contributed by atoms with Crippen LogP contribution in [0.25, 0.3) is 11.1 Å². The van der Waals surface area contributed by atoms with Gasteiger partial charge in [0.1, 0.15) is 0 Å². The number of nitrogens with zero attached hydrogens (tertiary/aromatic N) is 3. The van der Waals surface area contributed by atoms with E-state index in [4.69, 9.17) is 4.74 Å². The maximum Gasteiger partial charge on any atom is 0.264 e. The maximum absolute atomic E-state index is 13.1. The lowest BCUT2D eigenvalue weighted by atomic mass is 10.00. The summed E-state index contributed by atoms with van der Waals surface area (Å²) in [7, 11) is 0. The van der Waals surface area contributed by atoms with Crippen LogP contribution in [0, 0.1) is 5.92 Å². The summed E-state index contributed by atoms with van der Waals surface area (Å²) in [4.78, 5) is 22.6. The first-order valence-corrected chi connectivity index (χ1v) is 10.2. The molecule has 0 unspecified atom stereocenters. The van der Waals surface area contributed by atoms with Gasteiger partial charge >= 0.3 is 0 Å². The highest BCUT2D eigenvalue weighted by atomic mass is 32.1. The number of thiophene rings is 1. The number of pyridine rings is 1. The van der Waals surface area contributed by atoms with Gasteiger partial charge in [0.25, 0.3) is 5.91 Å². The number of aromatic nitrogens is 1. The van der Waals surface area contributed by atoms with Crippen LogP contribution in [0.4, 0.5) is 5.00 Å². The Hall–Kier alpha value is -1.92. The van der Waals surface area contributed by atoms with Crippen molar-refractivity contribution in [2.75, 3.05) is 44.3 Å². The second-order valence-corrected chi connectivity index (χ2v) is 8.20.